The van der Waals surface area contributed by atoms with Crippen molar-refractivity contribution in [3.8, 4) is 12.1 Å². The first kappa shape index (κ1) is 7.72. The molecule has 0 aliphatic carbocycles. The predicted octanol–water partition coefficient (Wildman–Crippen LogP) is 1.62. The lowest BCUT2D eigenvalue weighted by Crippen LogP contribution is -2.07. The third-order valence-corrected chi connectivity index (χ3v) is 1.05. The molecule has 0 saturated heterocycles. The molecule has 0 aliphatic rings. The van der Waals surface area contributed by atoms with Crippen molar-refractivity contribution in [3.05, 3.63) is 12.7 Å². The molecule has 0 aliphatic heterocycles. The van der Waals surface area contributed by atoms with Gasteiger partial charge in [0.05, 0.1) is 12.1 Å². The molecular weight excluding hydrogens is 112 g/mol. The molecular formula is C7H8N2. The van der Waals surface area contributed by atoms with E-state index in [1.165, 1.54) is 0 Å². The molecule has 0 radical (unpaired) electrons. The normalized spacial score (nSPS) is 9.22. The largest absolute Gasteiger partial charge is 0.197 e. The Labute approximate surface area is 55.0 Å². The summed E-state index contributed by atoms with van der Waals surface area (Å²) in [6, 6.07) is 3.79. The monoisotopic (exact) mass is 120 g/mol. The van der Waals surface area contributed by atoms with Gasteiger partial charge in [-0.25, -0.2) is 0 Å². The first-order valence-corrected chi connectivity index (χ1v) is 2.62. The molecule has 0 rings (SSSR count). The van der Waals surface area contributed by atoms with Gasteiger partial charge in [-0.05, 0) is 13.3 Å². The van der Waals surface area contributed by atoms with Gasteiger partial charge < -0.3 is 0 Å². The molecule has 0 unspecified atom stereocenters. The Morgan fingerprint density at radius 1 is 1.56 bits per heavy atom. The number of hydrogen-bond acceptors (Lipinski definition) is 2. The van der Waals surface area contributed by atoms with Crippen LogP contribution in [0.2, 0.25) is 0 Å². The summed E-state index contributed by atoms with van der Waals surface area (Å²) in [6.07, 6.45) is 2.01. The third kappa shape index (κ3) is 1.97. The smallest absolute Gasteiger partial charge is 0.144 e. The Bertz CT molecular complexity index is 166. The van der Waals surface area contributed by atoms with Gasteiger partial charge >= 0.3 is 0 Å². The summed E-state index contributed by atoms with van der Waals surface area (Å²) in [5.74, 6) is 0. The van der Waals surface area contributed by atoms with E-state index >= 15 is 0 Å². The fraction of sp³-hybridized carbons (Fsp3) is 0.429. The van der Waals surface area contributed by atoms with Gasteiger partial charge in [-0.2, -0.15) is 10.5 Å². The average Bonchev–Trinajstić information content (AvgIpc) is 1.89. The van der Waals surface area contributed by atoms with E-state index in [0.29, 0.717) is 6.42 Å². The molecule has 2 nitrogen and oxygen atoms in total. The molecule has 0 amide bonds. The van der Waals surface area contributed by atoms with Crippen LogP contribution >= 0.6 is 0 Å². The zero-order valence-corrected chi connectivity index (χ0v) is 5.39. The van der Waals surface area contributed by atoms with Crippen LogP contribution in [0.4, 0.5) is 0 Å². The van der Waals surface area contributed by atoms with Gasteiger partial charge in [0.15, 0.2) is 0 Å². The molecule has 2 heteroatoms. The van der Waals surface area contributed by atoms with Gasteiger partial charge in [-0.15, -0.1) is 6.58 Å². The first-order valence-electron chi connectivity index (χ1n) is 2.62. The quantitative estimate of drug-likeness (QED) is 0.520. The van der Waals surface area contributed by atoms with Crippen LogP contribution in [0, 0.1) is 28.1 Å². The summed E-state index contributed by atoms with van der Waals surface area (Å²) >= 11 is 0. The van der Waals surface area contributed by atoms with E-state index in [0.717, 1.165) is 0 Å². The maximum absolute atomic E-state index is 8.40. The van der Waals surface area contributed by atoms with Crippen molar-refractivity contribution >= 4 is 0 Å². The predicted molar refractivity (Wildman–Crippen MR) is 34.1 cm³/mol. The molecule has 0 fully saturated rings. The molecule has 0 spiro atoms. The highest BCUT2D eigenvalue weighted by Gasteiger charge is 2.20. The van der Waals surface area contributed by atoms with Crippen LogP contribution in [-0.2, 0) is 0 Å². The SMILES string of the molecule is C=CCC(C)(C#N)C#N. The molecule has 0 aromatic heterocycles. The van der Waals surface area contributed by atoms with Crippen molar-refractivity contribution in [1.29, 1.82) is 10.5 Å². The Hall–Kier alpha value is -1.28. The number of nitriles is 2. The molecule has 0 bridgehead atoms. The number of hydrogen-bond donors (Lipinski definition) is 0. The van der Waals surface area contributed by atoms with Gasteiger partial charge in [-0.1, -0.05) is 6.08 Å². The van der Waals surface area contributed by atoms with Gasteiger partial charge in [0, 0.05) is 0 Å². The highest BCUT2D eigenvalue weighted by molar-refractivity contribution is 5.12. The Balaban J connectivity index is 4.18. The van der Waals surface area contributed by atoms with Gasteiger partial charge in [0.25, 0.3) is 0 Å². The number of nitrogens with zero attached hydrogens (tertiary/aromatic N) is 2. The average molecular weight is 120 g/mol. The molecule has 46 valence electrons. The zero-order chi connectivity index (χ0) is 7.33. The van der Waals surface area contributed by atoms with Crippen molar-refractivity contribution in [3.63, 3.8) is 0 Å². The summed E-state index contributed by atoms with van der Waals surface area (Å²) in [5.41, 5.74) is -0.873. The van der Waals surface area contributed by atoms with Crippen LogP contribution in [0.1, 0.15) is 13.3 Å². The van der Waals surface area contributed by atoms with Crippen molar-refractivity contribution in [2.24, 2.45) is 5.41 Å². The molecule has 0 atom stereocenters. The summed E-state index contributed by atoms with van der Waals surface area (Å²) < 4.78 is 0. The van der Waals surface area contributed by atoms with Crippen molar-refractivity contribution in [2.45, 2.75) is 13.3 Å². The lowest BCUT2D eigenvalue weighted by atomic mass is 9.91. The number of allylic oxidation sites excluding steroid dienone is 1. The third-order valence-electron chi connectivity index (χ3n) is 1.05. The van der Waals surface area contributed by atoms with Crippen LogP contribution in [0.25, 0.3) is 0 Å². The van der Waals surface area contributed by atoms with E-state index in [-0.39, 0.29) is 0 Å². The van der Waals surface area contributed by atoms with Crippen molar-refractivity contribution in [2.75, 3.05) is 0 Å². The van der Waals surface area contributed by atoms with E-state index in [4.69, 9.17) is 10.5 Å². The lowest BCUT2D eigenvalue weighted by Gasteiger charge is -2.05. The van der Waals surface area contributed by atoms with Gasteiger partial charge in [0.2, 0.25) is 0 Å². The van der Waals surface area contributed by atoms with Gasteiger partial charge in [0.1, 0.15) is 5.41 Å². The van der Waals surface area contributed by atoms with E-state index in [2.05, 4.69) is 6.58 Å². The summed E-state index contributed by atoms with van der Waals surface area (Å²) in [5, 5.41) is 16.8. The second-order valence-electron chi connectivity index (χ2n) is 2.05. The second kappa shape index (κ2) is 2.89. The molecule has 0 aromatic carbocycles. The van der Waals surface area contributed by atoms with Crippen LogP contribution in [0.3, 0.4) is 0 Å². The molecule has 0 heterocycles. The van der Waals surface area contributed by atoms with Crippen molar-refractivity contribution in [1.82, 2.24) is 0 Å². The van der Waals surface area contributed by atoms with Crippen LogP contribution < -0.4 is 0 Å². The van der Waals surface area contributed by atoms with Crippen LogP contribution in [0.15, 0.2) is 12.7 Å². The second-order valence-corrected chi connectivity index (χ2v) is 2.05. The Morgan fingerprint density at radius 3 is 2.11 bits per heavy atom. The zero-order valence-electron chi connectivity index (χ0n) is 5.39. The minimum atomic E-state index is -0.873. The van der Waals surface area contributed by atoms with E-state index in [1.54, 1.807) is 13.0 Å². The van der Waals surface area contributed by atoms with Crippen LogP contribution in [-0.4, -0.2) is 0 Å². The summed E-state index contributed by atoms with van der Waals surface area (Å²) in [6.45, 7) is 5.03. The highest BCUT2D eigenvalue weighted by Crippen LogP contribution is 2.17. The fourth-order valence-corrected chi connectivity index (χ4v) is 0.405. The van der Waals surface area contributed by atoms with E-state index < -0.39 is 5.41 Å². The molecule has 9 heavy (non-hydrogen) atoms. The highest BCUT2D eigenvalue weighted by atomic mass is 14.4. The Kier molecular flexibility index (Phi) is 2.48. The van der Waals surface area contributed by atoms with E-state index in [1.807, 2.05) is 12.1 Å². The van der Waals surface area contributed by atoms with Crippen molar-refractivity contribution < 1.29 is 0 Å². The minimum Gasteiger partial charge on any atom is -0.197 e. The Morgan fingerprint density at radius 2 is 2.00 bits per heavy atom. The number of rotatable bonds is 2. The molecule has 0 saturated carbocycles. The van der Waals surface area contributed by atoms with Gasteiger partial charge in [-0.3, -0.25) is 0 Å². The standard InChI is InChI=1S/C7H8N2/c1-3-4-7(2,5-8)6-9/h3H,1,4H2,2H3. The minimum absolute atomic E-state index is 0.431. The maximum Gasteiger partial charge on any atom is 0.144 e. The fourth-order valence-electron chi connectivity index (χ4n) is 0.405. The van der Waals surface area contributed by atoms with E-state index in [9.17, 15) is 0 Å². The summed E-state index contributed by atoms with van der Waals surface area (Å²) in [7, 11) is 0. The lowest BCUT2D eigenvalue weighted by molar-refractivity contribution is 0.596. The van der Waals surface area contributed by atoms with Crippen LogP contribution in [0.5, 0.6) is 0 Å². The molecule has 0 aromatic rings. The topological polar surface area (TPSA) is 47.6 Å². The first-order chi connectivity index (χ1) is 4.18. The summed E-state index contributed by atoms with van der Waals surface area (Å²) in [4.78, 5) is 0. The molecule has 0 N–H and O–H groups in total. The maximum atomic E-state index is 8.40.